The molecule has 0 aliphatic heterocycles. The lowest BCUT2D eigenvalue weighted by molar-refractivity contribution is -0.130. The summed E-state index contributed by atoms with van der Waals surface area (Å²) in [5.74, 6) is 0.955. The first-order chi connectivity index (χ1) is 12.9. The number of imidazole rings is 1. The smallest absolute Gasteiger partial charge is 0.242 e. The van der Waals surface area contributed by atoms with Gasteiger partial charge in [0, 0.05) is 25.0 Å². The van der Waals surface area contributed by atoms with Crippen LogP contribution in [0.25, 0.3) is 11.0 Å². The molecule has 0 fully saturated rings. The molecule has 2 aromatic carbocycles. The van der Waals surface area contributed by atoms with E-state index in [1.165, 1.54) is 11.1 Å². The van der Waals surface area contributed by atoms with Crippen molar-refractivity contribution >= 4 is 28.5 Å². The number of rotatable bonds is 6. The fourth-order valence-electron chi connectivity index (χ4n) is 3.27. The third-order valence-electron chi connectivity index (χ3n) is 5.03. The summed E-state index contributed by atoms with van der Waals surface area (Å²) >= 11 is 6.36. The monoisotopic (exact) mass is 383 g/mol. The summed E-state index contributed by atoms with van der Waals surface area (Å²) in [6.07, 6.45) is 1.54. The quantitative estimate of drug-likeness (QED) is 0.615. The van der Waals surface area contributed by atoms with E-state index < -0.39 is 0 Å². The van der Waals surface area contributed by atoms with Gasteiger partial charge in [0.1, 0.15) is 12.4 Å². The van der Waals surface area contributed by atoms with Gasteiger partial charge in [-0.3, -0.25) is 4.79 Å². The molecule has 1 amide bonds. The summed E-state index contributed by atoms with van der Waals surface area (Å²) in [6.45, 7) is 7.29. The first-order valence-corrected chi connectivity index (χ1v) is 9.72. The molecule has 3 aromatic rings. The maximum absolute atomic E-state index is 12.7. The summed E-state index contributed by atoms with van der Waals surface area (Å²) in [6, 6.07) is 12.0. The standard InChI is InChI=1S/C22H26ClN3O/c1-5-10-25(4)22(27)14-26-20-12-16(3)15(2)11-19(20)24-21(26)13-17-8-6-7-9-18(17)23/h6-9,11-12H,5,10,13-14H2,1-4H3. The van der Waals surface area contributed by atoms with E-state index >= 15 is 0 Å². The van der Waals surface area contributed by atoms with Crippen molar-refractivity contribution in [3.05, 3.63) is 63.9 Å². The number of hydrogen-bond acceptors (Lipinski definition) is 2. The van der Waals surface area contributed by atoms with Crippen LogP contribution in [0.4, 0.5) is 0 Å². The zero-order chi connectivity index (χ0) is 19.6. The van der Waals surface area contributed by atoms with Gasteiger partial charge < -0.3 is 9.47 Å². The van der Waals surface area contributed by atoms with Crippen molar-refractivity contribution in [3.63, 3.8) is 0 Å². The second kappa shape index (κ2) is 8.13. The van der Waals surface area contributed by atoms with Gasteiger partial charge in [0.15, 0.2) is 0 Å². The summed E-state index contributed by atoms with van der Waals surface area (Å²) in [5.41, 5.74) is 5.33. The van der Waals surface area contributed by atoms with Crippen molar-refractivity contribution in [2.24, 2.45) is 0 Å². The van der Waals surface area contributed by atoms with Gasteiger partial charge in [-0.15, -0.1) is 0 Å². The number of amides is 1. The molecule has 5 heteroatoms. The highest BCUT2D eigenvalue weighted by atomic mass is 35.5. The third-order valence-corrected chi connectivity index (χ3v) is 5.40. The number of carbonyl (C=O) groups excluding carboxylic acids is 1. The van der Waals surface area contributed by atoms with Crippen LogP contribution in [0, 0.1) is 13.8 Å². The Morgan fingerprint density at radius 1 is 1.19 bits per heavy atom. The maximum atomic E-state index is 12.7. The molecule has 4 nitrogen and oxygen atoms in total. The molecular weight excluding hydrogens is 358 g/mol. The number of halogens is 1. The maximum Gasteiger partial charge on any atom is 0.242 e. The molecule has 0 aliphatic carbocycles. The minimum absolute atomic E-state index is 0.0924. The summed E-state index contributed by atoms with van der Waals surface area (Å²) in [7, 11) is 1.86. The minimum Gasteiger partial charge on any atom is -0.344 e. The summed E-state index contributed by atoms with van der Waals surface area (Å²) in [4.78, 5) is 19.3. The van der Waals surface area contributed by atoms with Crippen molar-refractivity contribution in [2.75, 3.05) is 13.6 Å². The Morgan fingerprint density at radius 2 is 1.89 bits per heavy atom. The Labute approximate surface area is 165 Å². The van der Waals surface area contributed by atoms with Crippen LogP contribution < -0.4 is 0 Å². The topological polar surface area (TPSA) is 38.1 Å². The molecule has 1 heterocycles. The average molecular weight is 384 g/mol. The highest BCUT2D eigenvalue weighted by Crippen LogP contribution is 2.24. The highest BCUT2D eigenvalue weighted by Gasteiger charge is 2.17. The molecule has 27 heavy (non-hydrogen) atoms. The van der Waals surface area contributed by atoms with E-state index in [0.717, 1.165) is 40.4 Å². The molecule has 0 aliphatic rings. The summed E-state index contributed by atoms with van der Waals surface area (Å²) < 4.78 is 2.04. The van der Waals surface area contributed by atoms with Crippen molar-refractivity contribution in [2.45, 2.75) is 40.2 Å². The molecule has 3 rings (SSSR count). The van der Waals surface area contributed by atoms with E-state index in [1.54, 1.807) is 4.90 Å². The molecule has 0 bridgehead atoms. The number of aryl methyl sites for hydroxylation is 2. The van der Waals surface area contributed by atoms with Gasteiger partial charge in [-0.25, -0.2) is 4.98 Å². The summed E-state index contributed by atoms with van der Waals surface area (Å²) in [5, 5.41) is 0.720. The number of benzene rings is 2. The van der Waals surface area contributed by atoms with Gasteiger partial charge in [0.25, 0.3) is 0 Å². The Kier molecular flexibility index (Phi) is 5.85. The number of fused-ring (bicyclic) bond motifs is 1. The van der Waals surface area contributed by atoms with E-state index in [9.17, 15) is 4.79 Å². The van der Waals surface area contributed by atoms with Crippen LogP contribution in [-0.4, -0.2) is 34.0 Å². The zero-order valence-corrected chi connectivity index (χ0v) is 17.2. The van der Waals surface area contributed by atoms with Gasteiger partial charge in [0.2, 0.25) is 5.91 Å². The fourth-order valence-corrected chi connectivity index (χ4v) is 3.47. The second-order valence-corrected chi connectivity index (χ2v) is 7.53. The molecule has 0 atom stereocenters. The third kappa shape index (κ3) is 4.16. The number of hydrogen-bond donors (Lipinski definition) is 0. The van der Waals surface area contributed by atoms with E-state index in [4.69, 9.17) is 16.6 Å². The largest absolute Gasteiger partial charge is 0.344 e. The number of aromatic nitrogens is 2. The molecule has 0 saturated carbocycles. The Hall–Kier alpha value is -2.33. The SMILES string of the molecule is CCCN(C)C(=O)Cn1c(Cc2ccccc2Cl)nc2cc(C)c(C)cc21. The van der Waals surface area contributed by atoms with E-state index in [-0.39, 0.29) is 12.5 Å². The lowest BCUT2D eigenvalue weighted by Crippen LogP contribution is -2.31. The van der Waals surface area contributed by atoms with Crippen molar-refractivity contribution in [1.29, 1.82) is 0 Å². The molecule has 1 aromatic heterocycles. The van der Waals surface area contributed by atoms with Gasteiger partial charge in [0.05, 0.1) is 11.0 Å². The fraction of sp³-hybridized carbons (Fsp3) is 0.364. The van der Waals surface area contributed by atoms with E-state index in [0.29, 0.717) is 6.42 Å². The van der Waals surface area contributed by atoms with Crippen LogP contribution in [0.3, 0.4) is 0 Å². The van der Waals surface area contributed by atoms with Crippen LogP contribution in [0.5, 0.6) is 0 Å². The highest BCUT2D eigenvalue weighted by molar-refractivity contribution is 6.31. The van der Waals surface area contributed by atoms with Crippen LogP contribution in [0.1, 0.15) is 35.9 Å². The number of likely N-dealkylation sites (N-methyl/N-ethyl adjacent to an activating group) is 1. The van der Waals surface area contributed by atoms with E-state index in [1.807, 2.05) is 35.9 Å². The first-order valence-electron chi connectivity index (χ1n) is 9.34. The lowest BCUT2D eigenvalue weighted by Gasteiger charge is -2.18. The number of nitrogens with zero attached hydrogens (tertiary/aromatic N) is 3. The van der Waals surface area contributed by atoms with Crippen LogP contribution in [0.2, 0.25) is 5.02 Å². The second-order valence-electron chi connectivity index (χ2n) is 7.12. The molecule has 0 N–H and O–H groups in total. The van der Waals surface area contributed by atoms with Crippen LogP contribution >= 0.6 is 11.6 Å². The number of carbonyl (C=O) groups is 1. The van der Waals surface area contributed by atoms with Gasteiger partial charge >= 0.3 is 0 Å². The molecule has 142 valence electrons. The normalized spacial score (nSPS) is 11.1. The van der Waals surface area contributed by atoms with Crippen molar-refractivity contribution in [3.8, 4) is 0 Å². The van der Waals surface area contributed by atoms with Gasteiger partial charge in [-0.2, -0.15) is 0 Å². The first kappa shape index (κ1) is 19.4. The van der Waals surface area contributed by atoms with Gasteiger partial charge in [-0.1, -0.05) is 36.7 Å². The molecule has 0 unspecified atom stereocenters. The predicted octanol–water partition coefficient (Wildman–Crippen LogP) is 4.77. The van der Waals surface area contributed by atoms with Crippen molar-refractivity contribution < 1.29 is 4.79 Å². The predicted molar refractivity (Wildman–Crippen MR) is 111 cm³/mol. The Bertz CT molecular complexity index is 977. The minimum atomic E-state index is 0.0924. The van der Waals surface area contributed by atoms with E-state index in [2.05, 4.69) is 32.9 Å². The Balaban J connectivity index is 2.06. The van der Waals surface area contributed by atoms with Crippen molar-refractivity contribution in [1.82, 2.24) is 14.5 Å². The molecule has 0 saturated heterocycles. The molecule has 0 radical (unpaired) electrons. The zero-order valence-electron chi connectivity index (χ0n) is 16.4. The van der Waals surface area contributed by atoms with Crippen LogP contribution in [-0.2, 0) is 17.8 Å². The molecule has 0 spiro atoms. The Morgan fingerprint density at radius 3 is 2.59 bits per heavy atom. The molecular formula is C22H26ClN3O. The van der Waals surface area contributed by atoms with Crippen LogP contribution in [0.15, 0.2) is 36.4 Å². The van der Waals surface area contributed by atoms with Gasteiger partial charge in [-0.05, 0) is 55.2 Å². The average Bonchev–Trinajstić information content (AvgIpc) is 2.94. The lowest BCUT2D eigenvalue weighted by atomic mass is 10.1.